The van der Waals surface area contributed by atoms with Crippen molar-refractivity contribution in [3.63, 3.8) is 0 Å². The Bertz CT molecular complexity index is 1070. The lowest BCUT2D eigenvalue weighted by molar-refractivity contribution is -0.166. The Morgan fingerprint density at radius 1 is 0.433 bits per heavy atom. The maximum atomic E-state index is 12.4. The number of hydrogen-bond donors (Lipinski definition) is 2. The number of rotatable bonds is 4. The minimum Gasteiger partial charge on any atom is -0.381 e. The van der Waals surface area contributed by atoms with Crippen molar-refractivity contribution in [2.75, 3.05) is 0 Å². The summed E-state index contributed by atoms with van der Waals surface area (Å²) in [6.45, 7) is 0. The minimum absolute atomic E-state index is 0.322. The topological polar surface area (TPSA) is 40.5 Å². The van der Waals surface area contributed by atoms with Crippen LogP contribution in [0.25, 0.3) is 11.1 Å². The molecular weight excluding hydrogens is 368 g/mol. The summed E-state index contributed by atoms with van der Waals surface area (Å²) < 4.78 is 0. The summed E-state index contributed by atoms with van der Waals surface area (Å²) in [5.74, 6) is 0. The highest BCUT2D eigenvalue weighted by molar-refractivity contribution is 5.77. The van der Waals surface area contributed by atoms with Crippen LogP contribution in [0, 0.1) is 0 Å². The monoisotopic (exact) mass is 392 g/mol. The average molecular weight is 392 g/mol. The molecule has 1 aliphatic carbocycles. The van der Waals surface area contributed by atoms with Gasteiger partial charge in [0.1, 0.15) is 11.2 Å². The van der Waals surface area contributed by atoms with E-state index in [-0.39, 0.29) is 0 Å². The van der Waals surface area contributed by atoms with Crippen molar-refractivity contribution < 1.29 is 10.2 Å². The summed E-state index contributed by atoms with van der Waals surface area (Å²) in [6.07, 6.45) is 0.644. The Kier molecular flexibility index (Phi) is 4.54. The molecule has 2 N–H and O–H groups in total. The third-order valence-corrected chi connectivity index (χ3v) is 6.33. The average Bonchev–Trinajstić information content (AvgIpc) is 2.79. The molecule has 0 bridgehead atoms. The van der Waals surface area contributed by atoms with Gasteiger partial charge in [0.05, 0.1) is 0 Å². The van der Waals surface area contributed by atoms with Gasteiger partial charge >= 0.3 is 0 Å². The smallest absolute Gasteiger partial charge is 0.127 e. The zero-order valence-electron chi connectivity index (χ0n) is 16.7. The molecule has 2 atom stereocenters. The van der Waals surface area contributed by atoms with Crippen LogP contribution < -0.4 is 0 Å². The molecule has 0 heterocycles. The van der Waals surface area contributed by atoms with Crippen LogP contribution >= 0.6 is 0 Å². The maximum Gasteiger partial charge on any atom is 0.127 e. The molecule has 2 nitrogen and oxygen atoms in total. The van der Waals surface area contributed by atoms with Crippen LogP contribution in [-0.2, 0) is 24.0 Å². The van der Waals surface area contributed by atoms with E-state index < -0.39 is 11.2 Å². The molecule has 0 fully saturated rings. The van der Waals surface area contributed by atoms with Crippen molar-refractivity contribution in [1.29, 1.82) is 0 Å². The Morgan fingerprint density at radius 2 is 0.767 bits per heavy atom. The molecule has 4 aromatic carbocycles. The van der Waals surface area contributed by atoms with E-state index in [9.17, 15) is 10.2 Å². The van der Waals surface area contributed by atoms with Crippen molar-refractivity contribution in [2.24, 2.45) is 0 Å². The van der Waals surface area contributed by atoms with E-state index in [0.717, 1.165) is 33.4 Å². The molecule has 148 valence electrons. The zero-order chi connectivity index (χ0) is 20.6. The first kappa shape index (κ1) is 18.8. The van der Waals surface area contributed by atoms with Crippen molar-refractivity contribution in [2.45, 2.75) is 24.0 Å². The first-order chi connectivity index (χ1) is 14.6. The lowest BCUT2D eigenvalue weighted by Crippen LogP contribution is -2.54. The largest absolute Gasteiger partial charge is 0.381 e. The standard InChI is InChI=1S/C28H24O2/c29-27(19-21-11-3-1-4-12-21)25-17-9-7-15-23(25)24-16-8-10-18-26(24)28(27,30)20-22-13-5-2-6-14-22/h1-18,29-30H,19-20H2/t27-,28-/m0/s1. The van der Waals surface area contributed by atoms with E-state index >= 15 is 0 Å². The number of aliphatic hydroxyl groups is 2. The second kappa shape index (κ2) is 7.24. The minimum atomic E-state index is -1.48. The van der Waals surface area contributed by atoms with Gasteiger partial charge in [-0.3, -0.25) is 0 Å². The molecule has 0 radical (unpaired) electrons. The van der Waals surface area contributed by atoms with E-state index in [1.54, 1.807) is 0 Å². The van der Waals surface area contributed by atoms with Crippen LogP contribution in [0.1, 0.15) is 22.3 Å². The van der Waals surface area contributed by atoms with Crippen molar-refractivity contribution in [3.05, 3.63) is 131 Å². The van der Waals surface area contributed by atoms with Gasteiger partial charge < -0.3 is 10.2 Å². The number of hydrogen-bond acceptors (Lipinski definition) is 2. The van der Waals surface area contributed by atoms with Crippen molar-refractivity contribution in [1.82, 2.24) is 0 Å². The molecule has 0 aliphatic heterocycles. The maximum absolute atomic E-state index is 12.4. The van der Waals surface area contributed by atoms with E-state index in [2.05, 4.69) is 0 Å². The van der Waals surface area contributed by atoms with Gasteiger partial charge in [0.15, 0.2) is 0 Å². The second-order valence-corrected chi connectivity index (χ2v) is 8.14. The lowest BCUT2D eigenvalue weighted by atomic mass is 9.61. The van der Waals surface area contributed by atoms with Crippen LogP contribution in [0.4, 0.5) is 0 Å². The van der Waals surface area contributed by atoms with E-state index in [1.165, 1.54) is 0 Å². The SMILES string of the molecule is O[C@@]1(Cc2ccccc2)c2ccccc2-c2ccccc2[C@@]1(O)Cc1ccccc1. The van der Waals surface area contributed by atoms with Gasteiger partial charge in [-0.25, -0.2) is 0 Å². The first-order valence-electron chi connectivity index (χ1n) is 10.3. The van der Waals surface area contributed by atoms with Gasteiger partial charge in [-0.05, 0) is 33.4 Å². The molecule has 0 aromatic heterocycles. The molecular formula is C28H24O2. The highest BCUT2D eigenvalue weighted by Crippen LogP contribution is 2.54. The lowest BCUT2D eigenvalue weighted by Gasteiger charge is -2.49. The predicted octanol–water partition coefficient (Wildman–Crippen LogP) is 5.23. The Labute approximate surface area is 177 Å². The molecule has 0 saturated heterocycles. The van der Waals surface area contributed by atoms with E-state index in [0.29, 0.717) is 12.8 Å². The molecule has 0 saturated carbocycles. The van der Waals surface area contributed by atoms with E-state index in [4.69, 9.17) is 0 Å². The van der Waals surface area contributed by atoms with Crippen molar-refractivity contribution >= 4 is 0 Å². The summed E-state index contributed by atoms with van der Waals surface area (Å²) >= 11 is 0. The Morgan fingerprint density at radius 3 is 1.17 bits per heavy atom. The van der Waals surface area contributed by atoms with E-state index in [1.807, 2.05) is 109 Å². The Hall–Kier alpha value is -3.20. The fraction of sp³-hybridized carbons (Fsp3) is 0.143. The summed E-state index contributed by atoms with van der Waals surface area (Å²) in [6, 6.07) is 35.6. The van der Waals surface area contributed by atoms with Gasteiger partial charge in [0.25, 0.3) is 0 Å². The number of benzene rings is 4. The summed E-state index contributed by atoms with van der Waals surface area (Å²) in [5.41, 5.74) is 2.51. The molecule has 1 aliphatic rings. The van der Waals surface area contributed by atoms with Crippen molar-refractivity contribution in [3.8, 4) is 11.1 Å². The fourth-order valence-corrected chi connectivity index (χ4v) is 4.87. The molecule has 4 aromatic rings. The molecule has 0 unspecified atom stereocenters. The third kappa shape index (κ3) is 2.88. The third-order valence-electron chi connectivity index (χ3n) is 6.33. The van der Waals surface area contributed by atoms with Crippen LogP contribution in [-0.4, -0.2) is 10.2 Å². The highest BCUT2D eigenvalue weighted by Gasteiger charge is 2.55. The summed E-state index contributed by atoms with van der Waals surface area (Å²) in [4.78, 5) is 0. The second-order valence-electron chi connectivity index (χ2n) is 8.14. The van der Waals surface area contributed by atoms with Gasteiger partial charge in [-0.15, -0.1) is 0 Å². The summed E-state index contributed by atoms with van der Waals surface area (Å²) in [5, 5.41) is 24.7. The predicted molar refractivity (Wildman–Crippen MR) is 120 cm³/mol. The Balaban J connectivity index is 1.76. The molecule has 30 heavy (non-hydrogen) atoms. The summed E-state index contributed by atoms with van der Waals surface area (Å²) in [7, 11) is 0. The van der Waals surface area contributed by atoms with Gasteiger partial charge in [0.2, 0.25) is 0 Å². The van der Waals surface area contributed by atoms with Crippen LogP contribution in [0.2, 0.25) is 0 Å². The quantitative estimate of drug-likeness (QED) is 0.499. The molecule has 0 amide bonds. The van der Waals surface area contributed by atoms with Crippen LogP contribution in [0.3, 0.4) is 0 Å². The molecule has 5 rings (SSSR count). The van der Waals surface area contributed by atoms with Gasteiger partial charge in [-0.1, -0.05) is 109 Å². The zero-order valence-corrected chi connectivity index (χ0v) is 16.7. The number of fused-ring (bicyclic) bond motifs is 3. The van der Waals surface area contributed by atoms with Crippen LogP contribution in [0.15, 0.2) is 109 Å². The normalized spacial score (nSPS) is 22.2. The molecule has 2 heteroatoms. The fourth-order valence-electron chi connectivity index (χ4n) is 4.87. The van der Waals surface area contributed by atoms with Gasteiger partial charge in [0, 0.05) is 12.8 Å². The highest BCUT2D eigenvalue weighted by atomic mass is 16.4. The van der Waals surface area contributed by atoms with Gasteiger partial charge in [-0.2, -0.15) is 0 Å². The van der Waals surface area contributed by atoms with Crippen LogP contribution in [0.5, 0.6) is 0 Å². The molecule has 0 spiro atoms. The first-order valence-corrected chi connectivity index (χ1v) is 10.3.